The highest BCUT2D eigenvalue weighted by Crippen LogP contribution is 2.32. The molecule has 0 bridgehead atoms. The van der Waals surface area contributed by atoms with Crippen LogP contribution in [0.25, 0.3) is 12.2 Å². The zero-order valence-electron chi connectivity index (χ0n) is 25.9. The third-order valence-electron chi connectivity index (χ3n) is 6.75. The number of nitrogens with zero attached hydrogens (tertiary/aromatic N) is 4. The van der Waals surface area contributed by atoms with Gasteiger partial charge in [-0.1, -0.05) is 18.2 Å². The highest BCUT2D eigenvalue weighted by atomic mass is 16.6. The third kappa shape index (κ3) is 8.52. The molecule has 4 aromatic heterocycles. The van der Waals surface area contributed by atoms with Crippen LogP contribution < -0.4 is 18.9 Å². The van der Waals surface area contributed by atoms with Crippen LogP contribution in [0.1, 0.15) is 52.6 Å². The van der Waals surface area contributed by atoms with Crippen molar-refractivity contribution in [3.8, 4) is 23.0 Å². The number of pyridine rings is 4. The van der Waals surface area contributed by atoms with Crippen LogP contribution in [0.3, 0.4) is 0 Å². The molecular weight excluding hydrogens is 640 g/mol. The van der Waals surface area contributed by atoms with Gasteiger partial charge in [0, 0.05) is 55.6 Å². The van der Waals surface area contributed by atoms with E-state index in [4.69, 9.17) is 18.9 Å². The Kier molecular flexibility index (Phi) is 10.1. The number of carbonyl (C=O) groups is 4. The van der Waals surface area contributed by atoms with Gasteiger partial charge in [-0.15, -0.1) is 0 Å². The highest BCUT2D eigenvalue weighted by molar-refractivity contribution is 5.94. The van der Waals surface area contributed by atoms with Gasteiger partial charge in [-0.2, -0.15) is 0 Å². The van der Waals surface area contributed by atoms with Gasteiger partial charge >= 0.3 is 23.9 Å². The first-order valence-corrected chi connectivity index (χ1v) is 14.9. The minimum absolute atomic E-state index is 0.0119. The van der Waals surface area contributed by atoms with Gasteiger partial charge in [0.25, 0.3) is 0 Å². The van der Waals surface area contributed by atoms with Crippen LogP contribution in [0.2, 0.25) is 0 Å². The van der Waals surface area contributed by atoms with Crippen molar-refractivity contribution in [2.75, 3.05) is 0 Å². The van der Waals surface area contributed by atoms with Crippen LogP contribution in [0.4, 0.5) is 0 Å². The quantitative estimate of drug-likeness (QED) is 0.0914. The lowest BCUT2D eigenvalue weighted by molar-refractivity contribution is 0.0682. The monoisotopic (exact) mass is 664 g/mol. The van der Waals surface area contributed by atoms with Gasteiger partial charge in [0.1, 0.15) is 11.5 Å². The van der Waals surface area contributed by atoms with E-state index >= 15 is 0 Å². The van der Waals surface area contributed by atoms with E-state index in [1.54, 1.807) is 66.7 Å². The van der Waals surface area contributed by atoms with Gasteiger partial charge in [-0.3, -0.25) is 19.9 Å². The number of hydrogen-bond donors (Lipinski definition) is 0. The number of hydrogen-bond acceptors (Lipinski definition) is 12. The molecule has 6 rings (SSSR count). The summed E-state index contributed by atoms with van der Waals surface area (Å²) in [5.74, 6) is -2.61. The Morgan fingerprint density at radius 1 is 0.420 bits per heavy atom. The zero-order chi connectivity index (χ0) is 34.7. The summed E-state index contributed by atoms with van der Waals surface area (Å²) in [7, 11) is 0. The predicted octanol–water partition coefficient (Wildman–Crippen LogP) is 6.31. The summed E-state index contributed by atoms with van der Waals surface area (Å²) in [4.78, 5) is 67.1. The maximum absolute atomic E-state index is 12.9. The fourth-order valence-corrected chi connectivity index (χ4v) is 4.38. The molecule has 0 fully saturated rings. The molecule has 244 valence electrons. The van der Waals surface area contributed by atoms with Gasteiger partial charge < -0.3 is 18.9 Å². The Morgan fingerprint density at radius 2 is 0.820 bits per heavy atom. The molecule has 0 aliphatic carbocycles. The maximum Gasteiger partial charge on any atom is 0.345 e. The van der Waals surface area contributed by atoms with Gasteiger partial charge in [-0.25, -0.2) is 19.2 Å². The van der Waals surface area contributed by atoms with E-state index in [1.165, 1.54) is 79.9 Å². The summed E-state index contributed by atoms with van der Waals surface area (Å²) in [6.07, 6.45) is 14.9. The van der Waals surface area contributed by atoms with E-state index in [1.807, 2.05) is 0 Å². The minimum atomic E-state index is -0.721. The molecule has 0 aliphatic rings. The third-order valence-corrected chi connectivity index (χ3v) is 6.75. The molecule has 50 heavy (non-hydrogen) atoms. The summed E-state index contributed by atoms with van der Waals surface area (Å²) < 4.78 is 22.4. The molecule has 2 aromatic carbocycles. The SMILES string of the molecule is O=C(Oc1cc(/C=C/c2ccc(OC(=O)c3cccnc3)c(OC(=O)c3cccnc3)c2)cc(OC(=O)c2cccnc2)c1)c1cccnc1. The van der Waals surface area contributed by atoms with Crippen LogP contribution in [0.5, 0.6) is 23.0 Å². The molecule has 0 aliphatic heterocycles. The van der Waals surface area contributed by atoms with Crippen molar-refractivity contribution in [1.82, 2.24) is 19.9 Å². The predicted molar refractivity (Wildman–Crippen MR) is 179 cm³/mol. The van der Waals surface area contributed by atoms with Crippen LogP contribution in [0, 0.1) is 0 Å². The van der Waals surface area contributed by atoms with E-state index in [0.717, 1.165) is 0 Å². The molecule has 0 saturated heterocycles. The fraction of sp³-hybridized carbons (Fsp3) is 0. The number of rotatable bonds is 10. The van der Waals surface area contributed by atoms with Crippen molar-refractivity contribution >= 4 is 36.0 Å². The van der Waals surface area contributed by atoms with Gasteiger partial charge in [-0.05, 0) is 83.9 Å². The van der Waals surface area contributed by atoms with Crippen LogP contribution >= 0.6 is 0 Å². The normalized spacial score (nSPS) is 10.6. The van der Waals surface area contributed by atoms with Crippen molar-refractivity contribution in [3.05, 3.63) is 168 Å². The molecule has 0 unspecified atom stereocenters. The van der Waals surface area contributed by atoms with Crippen molar-refractivity contribution in [1.29, 1.82) is 0 Å². The van der Waals surface area contributed by atoms with E-state index in [-0.39, 0.29) is 45.3 Å². The Morgan fingerprint density at radius 3 is 1.24 bits per heavy atom. The molecule has 12 nitrogen and oxygen atoms in total. The number of benzene rings is 2. The largest absolute Gasteiger partial charge is 0.423 e. The van der Waals surface area contributed by atoms with Crippen LogP contribution in [0.15, 0.2) is 135 Å². The molecule has 0 atom stereocenters. The average Bonchev–Trinajstić information content (AvgIpc) is 3.16. The Bertz CT molecular complexity index is 2110. The Hall–Kier alpha value is -7.34. The minimum Gasteiger partial charge on any atom is -0.423 e. The molecule has 0 spiro atoms. The Labute approximate surface area is 284 Å². The fourth-order valence-electron chi connectivity index (χ4n) is 4.38. The molecule has 6 aromatic rings. The van der Waals surface area contributed by atoms with Gasteiger partial charge in [0.2, 0.25) is 0 Å². The second-order valence-electron chi connectivity index (χ2n) is 10.3. The van der Waals surface area contributed by atoms with E-state index in [2.05, 4.69) is 19.9 Å². The summed E-state index contributed by atoms with van der Waals surface area (Å²) in [5.41, 5.74) is 1.84. The van der Waals surface area contributed by atoms with Crippen molar-refractivity contribution in [2.24, 2.45) is 0 Å². The average molecular weight is 665 g/mol. The number of ether oxygens (including phenoxy) is 4. The number of esters is 4. The first-order valence-electron chi connectivity index (χ1n) is 14.9. The summed E-state index contributed by atoms with van der Waals surface area (Å²) in [5, 5.41) is 0. The molecule has 12 heteroatoms. The van der Waals surface area contributed by atoms with Crippen LogP contribution in [-0.4, -0.2) is 43.8 Å². The van der Waals surface area contributed by atoms with Crippen molar-refractivity contribution < 1.29 is 38.1 Å². The second-order valence-corrected chi connectivity index (χ2v) is 10.3. The smallest absolute Gasteiger partial charge is 0.345 e. The molecule has 0 amide bonds. The molecule has 0 saturated carbocycles. The maximum atomic E-state index is 12.9. The van der Waals surface area contributed by atoms with Gasteiger partial charge in [0.15, 0.2) is 11.5 Å². The topological polar surface area (TPSA) is 157 Å². The highest BCUT2D eigenvalue weighted by Gasteiger charge is 2.18. The van der Waals surface area contributed by atoms with Crippen molar-refractivity contribution in [3.63, 3.8) is 0 Å². The summed E-state index contributed by atoms with van der Waals surface area (Å²) >= 11 is 0. The second kappa shape index (κ2) is 15.5. The van der Waals surface area contributed by atoms with Crippen LogP contribution in [-0.2, 0) is 0 Å². The summed E-state index contributed by atoms with van der Waals surface area (Å²) in [6.45, 7) is 0. The molecule has 0 radical (unpaired) electrons. The van der Waals surface area contributed by atoms with E-state index in [0.29, 0.717) is 11.1 Å². The van der Waals surface area contributed by atoms with Gasteiger partial charge in [0.05, 0.1) is 22.3 Å². The lowest BCUT2D eigenvalue weighted by Gasteiger charge is -2.12. The lowest BCUT2D eigenvalue weighted by atomic mass is 10.1. The first kappa shape index (κ1) is 32.6. The number of carbonyl (C=O) groups excluding carboxylic acids is 4. The van der Waals surface area contributed by atoms with Crippen molar-refractivity contribution in [2.45, 2.75) is 0 Å². The lowest BCUT2D eigenvalue weighted by Crippen LogP contribution is -2.13. The zero-order valence-corrected chi connectivity index (χ0v) is 25.9. The number of aromatic nitrogens is 4. The Balaban J connectivity index is 1.30. The standard InChI is InChI=1S/C38H24N4O8/c43-35(27-5-1-13-39-21-27)47-31-17-26(18-32(20-31)48-36(44)28-6-2-14-40-22-28)10-9-25-11-12-33(49-37(45)29-7-3-15-41-23-29)34(19-25)50-38(46)30-8-4-16-42-24-30/h1-24H/b10-9+. The van der Waals surface area contributed by atoms with E-state index < -0.39 is 23.9 Å². The molecule has 0 N–H and O–H groups in total. The first-order chi connectivity index (χ1) is 24.4. The molecule has 4 heterocycles. The summed E-state index contributed by atoms with van der Waals surface area (Å²) in [6, 6.07) is 21.7. The van der Waals surface area contributed by atoms with E-state index in [9.17, 15) is 19.2 Å². The molecular formula is C38H24N4O8.